The molecule has 0 radical (unpaired) electrons. The van der Waals surface area contributed by atoms with Crippen molar-refractivity contribution in [1.29, 1.82) is 0 Å². The van der Waals surface area contributed by atoms with Crippen molar-refractivity contribution < 1.29 is 19.6 Å². The molecule has 0 bridgehead atoms. The number of hydrogen-bond donors (Lipinski definition) is 4. The molecule has 2 aromatic rings. The maximum Gasteiger partial charge on any atom is 0.270 e. The van der Waals surface area contributed by atoms with Crippen LogP contribution in [0.5, 0.6) is 0 Å². The highest BCUT2D eigenvalue weighted by molar-refractivity contribution is 9.10. The van der Waals surface area contributed by atoms with Crippen LogP contribution in [0.3, 0.4) is 0 Å². The summed E-state index contributed by atoms with van der Waals surface area (Å²) in [5.74, 6) is -1.32. The summed E-state index contributed by atoms with van der Waals surface area (Å²) >= 11 is 3.34. The molecule has 3 amide bonds. The van der Waals surface area contributed by atoms with E-state index in [0.717, 1.165) is 4.47 Å². The summed E-state index contributed by atoms with van der Waals surface area (Å²) in [5.41, 5.74) is 2.37. The Bertz CT molecular complexity index is 817. The maximum atomic E-state index is 12.7. The normalized spacial score (nSPS) is 11.4. The minimum absolute atomic E-state index is 0.130. The van der Waals surface area contributed by atoms with Crippen LogP contribution in [0.15, 0.2) is 53.1 Å². The van der Waals surface area contributed by atoms with Crippen molar-refractivity contribution in [2.75, 3.05) is 5.32 Å². The Balaban J connectivity index is 2.02. The molecule has 8 nitrogen and oxygen atoms in total. The van der Waals surface area contributed by atoms with E-state index in [0.29, 0.717) is 24.9 Å². The number of nitrogens with zero attached hydrogens (tertiary/aromatic N) is 1. The van der Waals surface area contributed by atoms with Gasteiger partial charge in [0.25, 0.3) is 5.91 Å². The summed E-state index contributed by atoms with van der Waals surface area (Å²) in [4.78, 5) is 40.2. The number of hydroxylamine groups is 1. The van der Waals surface area contributed by atoms with E-state index in [-0.39, 0.29) is 18.0 Å². The highest BCUT2D eigenvalue weighted by Crippen LogP contribution is 2.16. The van der Waals surface area contributed by atoms with Gasteiger partial charge in [0.15, 0.2) is 0 Å². The highest BCUT2D eigenvalue weighted by Gasteiger charge is 2.22. The van der Waals surface area contributed by atoms with Gasteiger partial charge in [0.2, 0.25) is 11.8 Å². The number of amides is 3. The third-order valence-electron chi connectivity index (χ3n) is 3.88. The second-order valence-corrected chi connectivity index (χ2v) is 6.94. The minimum Gasteiger partial charge on any atom is -0.339 e. The van der Waals surface area contributed by atoms with E-state index in [2.05, 4.69) is 31.5 Å². The Morgan fingerprint density at radius 3 is 2.61 bits per heavy atom. The predicted octanol–water partition coefficient (Wildman–Crippen LogP) is 2.65. The standard InChI is InChI=1S/C19H21BrN4O4/c20-13-6-5-7-14(12-13)22-19(27)16(9-1-2-10-17(25)24-28)23-18(26)15-8-3-4-11-21-15/h3-8,11-12,16,28H,1-2,9-10H2,(H,22,27)(H,23,26)(H,24,25)/t16-/m1/s1. The zero-order valence-electron chi connectivity index (χ0n) is 15.0. The summed E-state index contributed by atoms with van der Waals surface area (Å²) in [7, 11) is 0. The van der Waals surface area contributed by atoms with E-state index in [1.54, 1.807) is 41.9 Å². The van der Waals surface area contributed by atoms with Crippen molar-refractivity contribution in [3.8, 4) is 0 Å². The zero-order valence-corrected chi connectivity index (χ0v) is 16.6. The molecule has 0 aliphatic carbocycles. The number of nitrogens with one attached hydrogen (secondary N) is 3. The summed E-state index contributed by atoms with van der Waals surface area (Å²) in [6.07, 6.45) is 2.93. The fraction of sp³-hybridized carbons (Fsp3) is 0.263. The molecule has 0 aliphatic rings. The molecule has 0 saturated carbocycles. The number of pyridine rings is 1. The van der Waals surface area contributed by atoms with Crippen LogP contribution >= 0.6 is 15.9 Å². The molecule has 148 valence electrons. The molecule has 1 atom stereocenters. The van der Waals surface area contributed by atoms with Crippen LogP contribution in [0.2, 0.25) is 0 Å². The topological polar surface area (TPSA) is 120 Å². The van der Waals surface area contributed by atoms with Gasteiger partial charge in [0.1, 0.15) is 11.7 Å². The van der Waals surface area contributed by atoms with E-state index < -0.39 is 17.9 Å². The van der Waals surface area contributed by atoms with E-state index in [9.17, 15) is 14.4 Å². The summed E-state index contributed by atoms with van der Waals surface area (Å²) in [5, 5.41) is 14.0. The van der Waals surface area contributed by atoms with Crippen LogP contribution in [-0.2, 0) is 9.59 Å². The average Bonchev–Trinajstić information content (AvgIpc) is 2.70. The van der Waals surface area contributed by atoms with Crippen LogP contribution < -0.4 is 16.1 Å². The number of anilines is 1. The minimum atomic E-state index is -0.800. The van der Waals surface area contributed by atoms with Crippen molar-refractivity contribution in [1.82, 2.24) is 15.8 Å². The van der Waals surface area contributed by atoms with Crippen molar-refractivity contribution in [3.63, 3.8) is 0 Å². The lowest BCUT2D eigenvalue weighted by Gasteiger charge is -2.18. The van der Waals surface area contributed by atoms with Crippen LogP contribution in [-0.4, -0.2) is 34.0 Å². The Kier molecular flexibility index (Phi) is 8.57. The lowest BCUT2D eigenvalue weighted by Crippen LogP contribution is -2.44. The van der Waals surface area contributed by atoms with E-state index >= 15 is 0 Å². The van der Waals surface area contributed by atoms with Gasteiger partial charge >= 0.3 is 0 Å². The molecule has 9 heteroatoms. The first-order chi connectivity index (χ1) is 13.5. The van der Waals surface area contributed by atoms with Gasteiger partial charge in [0, 0.05) is 22.8 Å². The number of rotatable bonds is 9. The first kappa shape index (κ1) is 21.5. The highest BCUT2D eigenvalue weighted by atomic mass is 79.9. The Hall–Kier alpha value is -2.78. The molecule has 1 aromatic carbocycles. The number of unbranched alkanes of at least 4 members (excludes halogenated alkanes) is 1. The van der Waals surface area contributed by atoms with Crippen molar-refractivity contribution in [3.05, 3.63) is 58.8 Å². The van der Waals surface area contributed by atoms with Crippen LogP contribution in [0, 0.1) is 0 Å². The molecule has 1 heterocycles. The molecule has 0 saturated heterocycles. The summed E-state index contributed by atoms with van der Waals surface area (Å²) in [6.45, 7) is 0. The summed E-state index contributed by atoms with van der Waals surface area (Å²) in [6, 6.07) is 11.3. The fourth-order valence-corrected chi connectivity index (χ4v) is 2.88. The van der Waals surface area contributed by atoms with Gasteiger partial charge in [-0.1, -0.05) is 34.5 Å². The van der Waals surface area contributed by atoms with Crippen molar-refractivity contribution in [2.45, 2.75) is 31.7 Å². The Morgan fingerprint density at radius 2 is 1.93 bits per heavy atom. The first-order valence-electron chi connectivity index (χ1n) is 8.71. The van der Waals surface area contributed by atoms with Gasteiger partial charge in [-0.2, -0.15) is 0 Å². The Morgan fingerprint density at radius 1 is 1.11 bits per heavy atom. The molecule has 0 unspecified atom stereocenters. The van der Waals surface area contributed by atoms with E-state index in [1.165, 1.54) is 6.20 Å². The lowest BCUT2D eigenvalue weighted by molar-refractivity contribution is -0.129. The average molecular weight is 449 g/mol. The number of carbonyl (C=O) groups excluding carboxylic acids is 3. The molecule has 4 N–H and O–H groups in total. The smallest absolute Gasteiger partial charge is 0.270 e. The predicted molar refractivity (Wildman–Crippen MR) is 107 cm³/mol. The molecule has 1 aromatic heterocycles. The SMILES string of the molecule is O=C(CCCC[C@@H](NC(=O)c1ccccn1)C(=O)Nc1cccc(Br)c1)NO. The molecule has 0 spiro atoms. The first-order valence-corrected chi connectivity index (χ1v) is 9.50. The van der Waals surface area contributed by atoms with Gasteiger partial charge in [0.05, 0.1) is 0 Å². The Labute approximate surface area is 170 Å². The monoisotopic (exact) mass is 448 g/mol. The number of halogens is 1. The van der Waals surface area contributed by atoms with Gasteiger partial charge in [-0.05, 0) is 43.2 Å². The molecule has 0 aliphatic heterocycles. The van der Waals surface area contributed by atoms with Gasteiger partial charge < -0.3 is 10.6 Å². The lowest BCUT2D eigenvalue weighted by atomic mass is 10.1. The molecular weight excluding hydrogens is 428 g/mol. The van der Waals surface area contributed by atoms with Crippen LogP contribution in [0.1, 0.15) is 36.2 Å². The van der Waals surface area contributed by atoms with Gasteiger partial charge in [-0.25, -0.2) is 5.48 Å². The largest absolute Gasteiger partial charge is 0.339 e. The van der Waals surface area contributed by atoms with Gasteiger partial charge in [-0.3, -0.25) is 24.6 Å². The number of hydrogen-bond acceptors (Lipinski definition) is 5. The van der Waals surface area contributed by atoms with E-state index in [1.807, 2.05) is 6.07 Å². The zero-order chi connectivity index (χ0) is 20.4. The molecule has 2 rings (SSSR count). The second-order valence-electron chi connectivity index (χ2n) is 6.02. The van der Waals surface area contributed by atoms with Crippen LogP contribution in [0.4, 0.5) is 5.69 Å². The van der Waals surface area contributed by atoms with Crippen molar-refractivity contribution in [2.24, 2.45) is 0 Å². The van der Waals surface area contributed by atoms with Gasteiger partial charge in [-0.15, -0.1) is 0 Å². The van der Waals surface area contributed by atoms with Crippen LogP contribution in [0.25, 0.3) is 0 Å². The quantitative estimate of drug-likeness (QED) is 0.267. The molecular formula is C19H21BrN4O4. The maximum absolute atomic E-state index is 12.7. The number of aromatic nitrogens is 1. The molecule has 28 heavy (non-hydrogen) atoms. The fourth-order valence-electron chi connectivity index (χ4n) is 2.48. The number of carbonyl (C=O) groups is 3. The third kappa shape index (κ3) is 7.09. The molecule has 0 fully saturated rings. The second kappa shape index (κ2) is 11.2. The van der Waals surface area contributed by atoms with Crippen molar-refractivity contribution >= 4 is 39.3 Å². The number of benzene rings is 1. The summed E-state index contributed by atoms with van der Waals surface area (Å²) < 4.78 is 0.814. The van der Waals surface area contributed by atoms with E-state index in [4.69, 9.17) is 5.21 Å². The third-order valence-corrected chi connectivity index (χ3v) is 4.38.